The fourth-order valence-corrected chi connectivity index (χ4v) is 6.43. The maximum atomic E-state index is 13.1. The molecular weight excluding hydrogens is 385 g/mol. The molecule has 156 valence electrons. The lowest BCUT2D eigenvalue weighted by Crippen LogP contribution is -2.34. The van der Waals surface area contributed by atoms with Crippen LogP contribution in [-0.2, 0) is 11.2 Å². The van der Waals surface area contributed by atoms with Crippen molar-refractivity contribution in [1.82, 2.24) is 4.90 Å². The van der Waals surface area contributed by atoms with Crippen molar-refractivity contribution in [2.75, 3.05) is 13.1 Å². The zero-order valence-electron chi connectivity index (χ0n) is 17.0. The summed E-state index contributed by atoms with van der Waals surface area (Å²) in [5, 5.41) is 11.0. The van der Waals surface area contributed by atoms with E-state index in [1.54, 1.807) is 17.8 Å². The van der Waals surface area contributed by atoms with E-state index >= 15 is 0 Å². The van der Waals surface area contributed by atoms with Gasteiger partial charge in [0, 0.05) is 18.3 Å². The Morgan fingerprint density at radius 2 is 2.07 bits per heavy atom. The lowest BCUT2D eigenvalue weighted by molar-refractivity contribution is -0.132. The standard InChI is InChI=1S/C24H30FNO2S/c1-16(4-5-17-7-10-21(25)11-8-17)29-23-22(24(27)28)3-2-12-26(23)15-20-14-18-6-9-19(20)13-18/h2-3,7-8,10-11,16,18-20H,4-6,9,12-15H2,1H3,(H,27,28). The zero-order chi connectivity index (χ0) is 20.4. The first-order valence-corrected chi connectivity index (χ1v) is 11.7. The number of carboxylic acid groups (broad SMARTS) is 1. The van der Waals surface area contributed by atoms with E-state index in [9.17, 15) is 14.3 Å². The summed E-state index contributed by atoms with van der Waals surface area (Å²) in [5.41, 5.74) is 1.55. The SMILES string of the molecule is CC(CCc1ccc(F)cc1)SC1=C(C(=O)O)C=CCN1CC1CC2CCC1C2. The molecule has 1 N–H and O–H groups in total. The third-order valence-corrected chi connectivity index (χ3v) is 8.10. The number of aryl methyl sites for hydroxylation is 1. The zero-order valence-corrected chi connectivity index (χ0v) is 17.8. The van der Waals surface area contributed by atoms with Crippen LogP contribution >= 0.6 is 11.8 Å². The second-order valence-corrected chi connectivity index (χ2v) is 10.3. The van der Waals surface area contributed by atoms with Gasteiger partial charge < -0.3 is 10.0 Å². The Labute approximate surface area is 177 Å². The number of benzene rings is 1. The van der Waals surface area contributed by atoms with Gasteiger partial charge in [0.15, 0.2) is 0 Å². The van der Waals surface area contributed by atoms with Gasteiger partial charge in [-0.15, -0.1) is 11.8 Å². The minimum atomic E-state index is -0.841. The summed E-state index contributed by atoms with van der Waals surface area (Å²) in [6, 6.07) is 6.67. The molecule has 4 unspecified atom stereocenters. The molecule has 3 aliphatic rings. The van der Waals surface area contributed by atoms with E-state index < -0.39 is 5.97 Å². The molecule has 1 aromatic rings. The lowest BCUT2D eigenvalue weighted by Gasteiger charge is -2.35. The van der Waals surface area contributed by atoms with Crippen LogP contribution in [0.4, 0.5) is 4.39 Å². The first-order chi connectivity index (χ1) is 14.0. The van der Waals surface area contributed by atoms with Gasteiger partial charge in [-0.25, -0.2) is 9.18 Å². The van der Waals surface area contributed by atoms with E-state index in [0.717, 1.165) is 48.4 Å². The number of carbonyl (C=O) groups is 1. The highest BCUT2D eigenvalue weighted by atomic mass is 32.2. The largest absolute Gasteiger partial charge is 0.478 e. The normalized spacial score (nSPS) is 27.0. The highest BCUT2D eigenvalue weighted by Crippen LogP contribution is 2.49. The van der Waals surface area contributed by atoms with Gasteiger partial charge in [0.25, 0.3) is 0 Å². The van der Waals surface area contributed by atoms with E-state index in [4.69, 9.17) is 0 Å². The van der Waals surface area contributed by atoms with Gasteiger partial charge in [-0.3, -0.25) is 0 Å². The van der Waals surface area contributed by atoms with Crippen LogP contribution in [0.5, 0.6) is 0 Å². The summed E-state index contributed by atoms with van der Waals surface area (Å²) in [4.78, 5) is 14.2. The van der Waals surface area contributed by atoms with Gasteiger partial charge in [0.1, 0.15) is 5.82 Å². The number of fused-ring (bicyclic) bond motifs is 2. The smallest absolute Gasteiger partial charge is 0.338 e. The van der Waals surface area contributed by atoms with Crippen molar-refractivity contribution in [2.45, 2.75) is 50.7 Å². The number of rotatable bonds is 8. The van der Waals surface area contributed by atoms with Crippen molar-refractivity contribution in [2.24, 2.45) is 17.8 Å². The molecule has 0 spiro atoms. The number of nitrogens with zero attached hydrogens (tertiary/aromatic N) is 1. The second kappa shape index (κ2) is 8.95. The van der Waals surface area contributed by atoms with Crippen molar-refractivity contribution in [3.8, 4) is 0 Å². The molecule has 0 aromatic heterocycles. The molecule has 4 rings (SSSR count). The Balaban J connectivity index is 1.42. The van der Waals surface area contributed by atoms with Crippen molar-refractivity contribution in [3.05, 3.63) is 58.4 Å². The molecule has 2 fully saturated rings. The average molecular weight is 416 g/mol. The molecule has 29 heavy (non-hydrogen) atoms. The fraction of sp³-hybridized carbons (Fsp3) is 0.542. The van der Waals surface area contributed by atoms with Crippen LogP contribution in [0.15, 0.2) is 47.0 Å². The van der Waals surface area contributed by atoms with Crippen LogP contribution in [0, 0.1) is 23.6 Å². The summed E-state index contributed by atoms with van der Waals surface area (Å²) < 4.78 is 13.1. The summed E-state index contributed by atoms with van der Waals surface area (Å²) in [5.74, 6) is 1.39. The van der Waals surface area contributed by atoms with Crippen molar-refractivity contribution < 1.29 is 14.3 Å². The van der Waals surface area contributed by atoms with Gasteiger partial charge in [-0.05, 0) is 73.6 Å². The van der Waals surface area contributed by atoms with Gasteiger partial charge >= 0.3 is 5.97 Å². The summed E-state index contributed by atoms with van der Waals surface area (Å²) >= 11 is 1.69. The Morgan fingerprint density at radius 3 is 2.72 bits per heavy atom. The minimum Gasteiger partial charge on any atom is -0.478 e. The second-order valence-electron chi connectivity index (χ2n) is 8.86. The van der Waals surface area contributed by atoms with Crippen LogP contribution in [-0.4, -0.2) is 34.3 Å². The van der Waals surface area contributed by atoms with Crippen molar-refractivity contribution in [1.29, 1.82) is 0 Å². The van der Waals surface area contributed by atoms with Crippen molar-refractivity contribution in [3.63, 3.8) is 0 Å². The Hall–Kier alpha value is -1.75. The van der Waals surface area contributed by atoms with Gasteiger partial charge in [-0.1, -0.05) is 31.6 Å². The fourth-order valence-electron chi connectivity index (χ4n) is 5.23. The predicted octanol–water partition coefficient (Wildman–Crippen LogP) is 5.48. The van der Waals surface area contributed by atoms with Crippen LogP contribution in [0.25, 0.3) is 0 Å². The van der Waals surface area contributed by atoms with Crippen LogP contribution < -0.4 is 0 Å². The third kappa shape index (κ3) is 4.88. The number of thioether (sulfide) groups is 1. The monoisotopic (exact) mass is 415 g/mol. The molecule has 0 radical (unpaired) electrons. The summed E-state index contributed by atoms with van der Waals surface area (Å²) in [6.45, 7) is 3.95. The molecule has 2 bridgehead atoms. The quantitative estimate of drug-likeness (QED) is 0.610. The maximum Gasteiger partial charge on any atom is 0.338 e. The highest BCUT2D eigenvalue weighted by Gasteiger charge is 2.40. The Kier molecular flexibility index (Phi) is 6.33. The molecule has 2 saturated carbocycles. The highest BCUT2D eigenvalue weighted by molar-refractivity contribution is 8.03. The molecule has 0 saturated heterocycles. The molecule has 4 atom stereocenters. The number of carboxylic acids is 1. The Bertz CT molecular complexity index is 804. The number of halogens is 1. The topological polar surface area (TPSA) is 40.5 Å². The van der Waals surface area contributed by atoms with E-state index in [1.807, 2.05) is 18.2 Å². The van der Waals surface area contributed by atoms with E-state index in [1.165, 1.54) is 37.8 Å². The van der Waals surface area contributed by atoms with Gasteiger partial charge in [0.2, 0.25) is 0 Å². The van der Waals surface area contributed by atoms with E-state index in [2.05, 4.69) is 11.8 Å². The molecule has 2 aliphatic carbocycles. The summed E-state index contributed by atoms with van der Waals surface area (Å²) in [6.07, 6.45) is 11.0. The maximum absolute atomic E-state index is 13.1. The lowest BCUT2D eigenvalue weighted by atomic mass is 9.88. The first-order valence-electron chi connectivity index (χ1n) is 10.8. The van der Waals surface area contributed by atoms with Gasteiger partial charge in [-0.2, -0.15) is 0 Å². The summed E-state index contributed by atoms with van der Waals surface area (Å²) in [7, 11) is 0. The molecule has 1 heterocycles. The van der Waals surface area contributed by atoms with E-state index in [-0.39, 0.29) is 5.82 Å². The molecule has 1 aromatic carbocycles. The molecular formula is C24H30FNO2S. The Morgan fingerprint density at radius 1 is 1.28 bits per heavy atom. The van der Waals surface area contributed by atoms with Crippen molar-refractivity contribution >= 4 is 17.7 Å². The number of aliphatic carboxylic acids is 1. The number of hydrogen-bond acceptors (Lipinski definition) is 3. The van der Waals surface area contributed by atoms with E-state index in [0.29, 0.717) is 16.7 Å². The predicted molar refractivity (Wildman–Crippen MR) is 116 cm³/mol. The third-order valence-electron chi connectivity index (χ3n) is 6.76. The minimum absolute atomic E-state index is 0.210. The van der Waals surface area contributed by atoms with Crippen LogP contribution in [0.1, 0.15) is 44.6 Å². The molecule has 0 amide bonds. The molecule has 1 aliphatic heterocycles. The first kappa shape index (κ1) is 20.5. The average Bonchev–Trinajstić information content (AvgIpc) is 3.32. The van der Waals surface area contributed by atoms with Crippen LogP contribution in [0.3, 0.4) is 0 Å². The van der Waals surface area contributed by atoms with Crippen LogP contribution in [0.2, 0.25) is 0 Å². The molecule has 3 nitrogen and oxygen atoms in total. The molecule has 5 heteroatoms. The number of hydrogen-bond donors (Lipinski definition) is 1. The van der Waals surface area contributed by atoms with Gasteiger partial charge in [0.05, 0.1) is 10.6 Å².